The van der Waals surface area contributed by atoms with Crippen molar-refractivity contribution in [3.8, 4) is 0 Å². The summed E-state index contributed by atoms with van der Waals surface area (Å²) >= 11 is 1.41. The van der Waals surface area contributed by atoms with Crippen LogP contribution < -0.4 is 4.90 Å². The molecule has 30 heavy (non-hydrogen) atoms. The van der Waals surface area contributed by atoms with E-state index in [9.17, 15) is 4.79 Å². The average Bonchev–Trinajstić information content (AvgIpc) is 3.10. The van der Waals surface area contributed by atoms with Crippen LogP contribution >= 0.6 is 11.8 Å². The van der Waals surface area contributed by atoms with Crippen LogP contribution in [0.3, 0.4) is 0 Å². The van der Waals surface area contributed by atoms with Gasteiger partial charge in [-0.3, -0.25) is 9.69 Å². The summed E-state index contributed by atoms with van der Waals surface area (Å²) in [7, 11) is 0. The topological polar surface area (TPSA) is 32.7 Å². The Bertz CT molecular complexity index is 1270. The fraction of sp³-hybridized carbons (Fsp3) is 0. The number of benzene rings is 4. The van der Waals surface area contributed by atoms with Crippen molar-refractivity contribution in [2.24, 2.45) is 4.99 Å². The minimum atomic E-state index is -0.0613. The highest BCUT2D eigenvalue weighted by atomic mass is 32.2. The Balaban J connectivity index is 1.61. The third-order valence-electron chi connectivity index (χ3n) is 4.91. The van der Waals surface area contributed by atoms with Gasteiger partial charge in [-0.15, -0.1) is 0 Å². The molecule has 0 spiro atoms. The molecule has 1 aliphatic rings. The number of anilines is 1. The lowest BCUT2D eigenvalue weighted by atomic mass is 10.0. The number of nitrogens with zero attached hydrogens (tertiary/aromatic N) is 2. The SMILES string of the molecule is O=C1/C(=C/c2cccc3ccccc23)SC(=Nc2ccccc2)N1c1ccccc1. The summed E-state index contributed by atoms with van der Waals surface area (Å²) < 4.78 is 0. The Morgan fingerprint density at radius 2 is 1.40 bits per heavy atom. The molecular formula is C26H18N2OS. The van der Waals surface area contributed by atoms with Gasteiger partial charge in [0.05, 0.1) is 16.3 Å². The molecule has 0 unspecified atom stereocenters. The second-order valence-electron chi connectivity index (χ2n) is 6.89. The van der Waals surface area contributed by atoms with Gasteiger partial charge in [-0.05, 0) is 58.4 Å². The van der Waals surface area contributed by atoms with E-state index in [-0.39, 0.29) is 5.91 Å². The van der Waals surface area contributed by atoms with E-state index in [2.05, 4.69) is 18.2 Å². The van der Waals surface area contributed by atoms with Crippen LogP contribution in [0, 0.1) is 0 Å². The fourth-order valence-electron chi connectivity index (χ4n) is 3.48. The summed E-state index contributed by atoms with van der Waals surface area (Å²) in [4.78, 5) is 20.5. The van der Waals surface area contributed by atoms with Gasteiger partial charge in [-0.1, -0.05) is 78.9 Å². The lowest BCUT2D eigenvalue weighted by molar-refractivity contribution is -0.113. The number of thioether (sulfide) groups is 1. The molecule has 1 fully saturated rings. The number of rotatable bonds is 3. The van der Waals surface area contributed by atoms with E-state index in [1.807, 2.05) is 91.0 Å². The molecule has 0 radical (unpaired) electrons. The van der Waals surface area contributed by atoms with E-state index in [4.69, 9.17) is 4.99 Å². The zero-order valence-electron chi connectivity index (χ0n) is 16.1. The zero-order chi connectivity index (χ0) is 20.3. The maximum absolute atomic E-state index is 13.4. The van der Waals surface area contributed by atoms with Gasteiger partial charge < -0.3 is 0 Å². The van der Waals surface area contributed by atoms with Gasteiger partial charge in [-0.2, -0.15) is 0 Å². The molecule has 1 saturated heterocycles. The Labute approximate surface area is 179 Å². The van der Waals surface area contributed by atoms with Crippen LogP contribution in [0.25, 0.3) is 16.8 Å². The molecule has 1 amide bonds. The number of hydrogen-bond acceptors (Lipinski definition) is 3. The predicted octanol–water partition coefficient (Wildman–Crippen LogP) is 6.65. The Morgan fingerprint density at radius 3 is 2.20 bits per heavy atom. The summed E-state index contributed by atoms with van der Waals surface area (Å²) in [5, 5.41) is 2.94. The second-order valence-corrected chi connectivity index (χ2v) is 7.89. The number of carbonyl (C=O) groups excluding carboxylic acids is 1. The Morgan fingerprint density at radius 1 is 0.733 bits per heavy atom. The minimum Gasteiger partial charge on any atom is -0.268 e. The molecule has 0 saturated carbocycles. The first-order valence-electron chi connectivity index (χ1n) is 9.70. The van der Waals surface area contributed by atoms with Gasteiger partial charge in [-0.25, -0.2) is 4.99 Å². The van der Waals surface area contributed by atoms with Gasteiger partial charge in [0.15, 0.2) is 5.17 Å². The van der Waals surface area contributed by atoms with Crippen LogP contribution in [0.15, 0.2) is 113 Å². The number of para-hydroxylation sites is 2. The molecule has 5 rings (SSSR count). The van der Waals surface area contributed by atoms with Gasteiger partial charge in [0.1, 0.15) is 0 Å². The quantitative estimate of drug-likeness (QED) is 0.357. The first-order valence-corrected chi connectivity index (χ1v) is 10.5. The fourth-order valence-corrected chi connectivity index (χ4v) is 4.48. The lowest BCUT2D eigenvalue weighted by Gasteiger charge is -2.15. The molecule has 0 aliphatic carbocycles. The molecule has 144 valence electrons. The van der Waals surface area contributed by atoms with Gasteiger partial charge >= 0.3 is 0 Å². The van der Waals surface area contributed by atoms with Crippen LogP contribution in [0.1, 0.15) is 5.56 Å². The van der Waals surface area contributed by atoms with Crippen molar-refractivity contribution >= 4 is 51.1 Å². The molecule has 0 aromatic heterocycles. The van der Waals surface area contributed by atoms with Crippen molar-refractivity contribution in [2.75, 3.05) is 4.90 Å². The Kier molecular flexibility index (Phi) is 4.91. The third-order valence-corrected chi connectivity index (χ3v) is 5.88. The van der Waals surface area contributed by atoms with Gasteiger partial charge in [0.25, 0.3) is 5.91 Å². The molecule has 1 aliphatic heterocycles. The number of amidine groups is 1. The first kappa shape index (κ1) is 18.4. The molecule has 0 N–H and O–H groups in total. The van der Waals surface area contributed by atoms with E-state index < -0.39 is 0 Å². The average molecular weight is 407 g/mol. The minimum absolute atomic E-state index is 0.0613. The summed E-state index contributed by atoms with van der Waals surface area (Å²) in [6, 6.07) is 33.7. The van der Waals surface area contributed by atoms with Gasteiger partial charge in [0, 0.05) is 0 Å². The molecule has 1 heterocycles. The maximum Gasteiger partial charge on any atom is 0.271 e. The number of fused-ring (bicyclic) bond motifs is 1. The molecule has 0 bridgehead atoms. The van der Waals surface area contributed by atoms with Crippen LogP contribution in [0.4, 0.5) is 11.4 Å². The van der Waals surface area contributed by atoms with E-state index in [1.165, 1.54) is 11.8 Å². The van der Waals surface area contributed by atoms with Crippen LogP contribution in [0.2, 0.25) is 0 Å². The van der Waals surface area contributed by atoms with Crippen molar-refractivity contribution in [1.82, 2.24) is 0 Å². The van der Waals surface area contributed by atoms with Crippen molar-refractivity contribution < 1.29 is 4.79 Å². The third kappa shape index (κ3) is 3.53. The highest BCUT2D eigenvalue weighted by Gasteiger charge is 2.34. The van der Waals surface area contributed by atoms with Crippen LogP contribution in [-0.2, 0) is 4.79 Å². The molecule has 0 atom stereocenters. The number of carbonyl (C=O) groups is 1. The molecule has 4 aromatic carbocycles. The Hall–Kier alpha value is -3.63. The van der Waals surface area contributed by atoms with Gasteiger partial charge in [0.2, 0.25) is 0 Å². The molecule has 4 heteroatoms. The van der Waals surface area contributed by atoms with Crippen molar-refractivity contribution in [2.45, 2.75) is 0 Å². The maximum atomic E-state index is 13.4. The van der Waals surface area contributed by atoms with E-state index >= 15 is 0 Å². The zero-order valence-corrected chi connectivity index (χ0v) is 16.9. The highest BCUT2D eigenvalue weighted by Crippen LogP contribution is 2.37. The van der Waals surface area contributed by atoms with Crippen LogP contribution in [-0.4, -0.2) is 11.1 Å². The standard InChI is InChI=1S/C26H18N2OS/c29-25-24(18-20-12-9-11-19-10-7-8-17-23(19)20)30-26(27-21-13-3-1-4-14-21)28(25)22-15-5-2-6-16-22/h1-18H/b24-18-,27-26?. The molecule has 3 nitrogen and oxygen atoms in total. The molecular weight excluding hydrogens is 388 g/mol. The number of aliphatic imine (C=N–C) groups is 1. The van der Waals surface area contributed by atoms with Crippen molar-refractivity contribution in [3.63, 3.8) is 0 Å². The summed E-state index contributed by atoms with van der Waals surface area (Å²) in [5.74, 6) is -0.0613. The highest BCUT2D eigenvalue weighted by molar-refractivity contribution is 8.19. The largest absolute Gasteiger partial charge is 0.271 e. The normalized spacial score (nSPS) is 16.7. The summed E-state index contributed by atoms with van der Waals surface area (Å²) in [6.45, 7) is 0. The summed E-state index contributed by atoms with van der Waals surface area (Å²) in [6.07, 6.45) is 1.97. The monoisotopic (exact) mass is 406 g/mol. The van der Waals surface area contributed by atoms with Crippen molar-refractivity contribution in [3.05, 3.63) is 114 Å². The van der Waals surface area contributed by atoms with E-state index in [0.29, 0.717) is 10.1 Å². The van der Waals surface area contributed by atoms with E-state index in [0.717, 1.165) is 27.7 Å². The predicted molar refractivity (Wildman–Crippen MR) is 127 cm³/mol. The summed E-state index contributed by atoms with van der Waals surface area (Å²) in [5.41, 5.74) is 2.66. The first-order chi connectivity index (χ1) is 14.8. The second kappa shape index (κ2) is 8.01. The number of amides is 1. The smallest absolute Gasteiger partial charge is 0.268 e. The van der Waals surface area contributed by atoms with Crippen molar-refractivity contribution in [1.29, 1.82) is 0 Å². The van der Waals surface area contributed by atoms with E-state index in [1.54, 1.807) is 4.90 Å². The van der Waals surface area contributed by atoms with Crippen LogP contribution in [0.5, 0.6) is 0 Å². The molecule has 4 aromatic rings. The number of hydrogen-bond donors (Lipinski definition) is 0. The lowest BCUT2D eigenvalue weighted by Crippen LogP contribution is -2.28.